The first-order chi connectivity index (χ1) is 16.3. The Bertz CT molecular complexity index is 1170. The van der Waals surface area contributed by atoms with Gasteiger partial charge in [-0.1, -0.05) is 55.0 Å². The highest BCUT2D eigenvalue weighted by atomic mass is 32.1. The van der Waals surface area contributed by atoms with Crippen molar-refractivity contribution in [2.45, 2.75) is 40.2 Å². The largest absolute Gasteiger partial charge is 0.352 e. The SMILES string of the molecule is Cc1ccc(-c2nc(C)c(C(=O)N3CCC([C@H](C)C(=O)NCc4ccccc4F)CC3)s2)cc1. The maximum atomic E-state index is 13.8. The smallest absolute Gasteiger partial charge is 0.265 e. The molecule has 1 atom stereocenters. The number of hydrogen-bond acceptors (Lipinski definition) is 4. The van der Waals surface area contributed by atoms with E-state index in [2.05, 4.69) is 10.3 Å². The molecule has 0 spiro atoms. The van der Waals surface area contributed by atoms with Gasteiger partial charge < -0.3 is 10.2 Å². The van der Waals surface area contributed by atoms with Gasteiger partial charge in [0.05, 0.1) is 5.69 Å². The molecule has 1 aromatic heterocycles. The Hall–Kier alpha value is -3.06. The third-order valence-electron chi connectivity index (χ3n) is 6.65. The highest BCUT2D eigenvalue weighted by Gasteiger charge is 2.31. The van der Waals surface area contributed by atoms with Crippen LogP contribution in [-0.2, 0) is 11.3 Å². The van der Waals surface area contributed by atoms with Crippen LogP contribution in [0.1, 0.15) is 46.3 Å². The van der Waals surface area contributed by atoms with Crippen LogP contribution in [0, 0.1) is 31.5 Å². The van der Waals surface area contributed by atoms with Crippen LogP contribution in [0.25, 0.3) is 10.6 Å². The van der Waals surface area contributed by atoms with E-state index < -0.39 is 0 Å². The quantitative estimate of drug-likeness (QED) is 0.517. The molecule has 3 aromatic rings. The van der Waals surface area contributed by atoms with E-state index in [1.54, 1.807) is 18.2 Å². The lowest BCUT2D eigenvalue weighted by Gasteiger charge is -2.34. The van der Waals surface area contributed by atoms with E-state index in [0.29, 0.717) is 23.5 Å². The van der Waals surface area contributed by atoms with Crippen molar-refractivity contribution in [3.8, 4) is 10.6 Å². The second kappa shape index (κ2) is 10.5. The third kappa shape index (κ3) is 5.36. The molecule has 0 aliphatic carbocycles. The number of thiazole rings is 1. The summed E-state index contributed by atoms with van der Waals surface area (Å²) in [6.45, 7) is 7.26. The maximum absolute atomic E-state index is 13.8. The van der Waals surface area contributed by atoms with Gasteiger partial charge in [0.1, 0.15) is 15.7 Å². The monoisotopic (exact) mass is 479 g/mol. The summed E-state index contributed by atoms with van der Waals surface area (Å²) in [4.78, 5) is 33.0. The van der Waals surface area contributed by atoms with Gasteiger partial charge >= 0.3 is 0 Å². The number of aromatic nitrogens is 1. The van der Waals surface area contributed by atoms with E-state index in [1.165, 1.54) is 23.0 Å². The van der Waals surface area contributed by atoms with Crippen molar-refractivity contribution in [2.75, 3.05) is 13.1 Å². The summed E-state index contributed by atoms with van der Waals surface area (Å²) in [5, 5.41) is 3.72. The van der Waals surface area contributed by atoms with Crippen molar-refractivity contribution in [1.82, 2.24) is 15.2 Å². The predicted molar refractivity (Wildman–Crippen MR) is 133 cm³/mol. The Kier molecular flexibility index (Phi) is 7.41. The molecular formula is C27H30FN3O2S. The molecular weight excluding hydrogens is 449 g/mol. The Morgan fingerprint density at radius 3 is 2.47 bits per heavy atom. The van der Waals surface area contributed by atoms with Gasteiger partial charge in [0.25, 0.3) is 5.91 Å². The standard InChI is InChI=1S/C27H30FN3O2S/c1-17-8-10-21(11-9-17)26-30-19(3)24(34-26)27(33)31-14-12-20(13-15-31)18(2)25(32)29-16-22-6-4-5-7-23(22)28/h4-11,18,20H,12-16H2,1-3H3,(H,29,32)/t18-/m0/s1. The van der Waals surface area contributed by atoms with Crippen LogP contribution in [0.3, 0.4) is 0 Å². The Balaban J connectivity index is 1.32. The Labute approximate surface area is 204 Å². The van der Waals surface area contributed by atoms with Crippen molar-refractivity contribution < 1.29 is 14.0 Å². The van der Waals surface area contributed by atoms with Crippen molar-refractivity contribution in [2.24, 2.45) is 11.8 Å². The first kappa shape index (κ1) is 24.1. The predicted octanol–water partition coefficient (Wildman–Crippen LogP) is 5.37. The van der Waals surface area contributed by atoms with Gasteiger partial charge in [-0.15, -0.1) is 11.3 Å². The Morgan fingerprint density at radius 1 is 1.12 bits per heavy atom. The molecule has 0 bridgehead atoms. The number of benzene rings is 2. The second-order valence-electron chi connectivity index (χ2n) is 9.03. The number of nitrogens with zero attached hydrogens (tertiary/aromatic N) is 2. The number of aryl methyl sites for hydroxylation is 2. The minimum Gasteiger partial charge on any atom is -0.352 e. The van der Waals surface area contributed by atoms with Gasteiger partial charge in [-0.2, -0.15) is 0 Å². The fraction of sp³-hybridized carbons (Fsp3) is 0.370. The molecule has 34 heavy (non-hydrogen) atoms. The molecule has 178 valence electrons. The minimum absolute atomic E-state index is 0.0171. The van der Waals surface area contributed by atoms with Gasteiger partial charge in [-0.25, -0.2) is 9.37 Å². The lowest BCUT2D eigenvalue weighted by atomic mass is 9.84. The molecule has 1 N–H and O–H groups in total. The van der Waals surface area contributed by atoms with Crippen LogP contribution in [0.2, 0.25) is 0 Å². The molecule has 1 fully saturated rings. The van der Waals surface area contributed by atoms with E-state index in [-0.39, 0.29) is 36.0 Å². The van der Waals surface area contributed by atoms with Crippen LogP contribution < -0.4 is 5.32 Å². The van der Waals surface area contributed by atoms with Gasteiger partial charge in [-0.3, -0.25) is 9.59 Å². The van der Waals surface area contributed by atoms with Gasteiger partial charge in [-0.05, 0) is 38.7 Å². The molecule has 1 aliphatic heterocycles. The molecule has 0 radical (unpaired) electrons. The summed E-state index contributed by atoms with van der Waals surface area (Å²) in [5.74, 6) is -0.374. The van der Waals surface area contributed by atoms with E-state index in [1.807, 2.05) is 49.9 Å². The van der Waals surface area contributed by atoms with E-state index in [4.69, 9.17) is 0 Å². The molecule has 2 amide bonds. The first-order valence-corrected chi connectivity index (χ1v) is 12.5. The number of halogens is 1. The van der Waals surface area contributed by atoms with Crippen molar-refractivity contribution in [1.29, 1.82) is 0 Å². The van der Waals surface area contributed by atoms with Gasteiger partial charge in [0.15, 0.2) is 0 Å². The van der Waals surface area contributed by atoms with Crippen molar-refractivity contribution >= 4 is 23.2 Å². The number of hydrogen-bond donors (Lipinski definition) is 1. The summed E-state index contributed by atoms with van der Waals surface area (Å²) in [5.41, 5.74) is 3.44. The van der Waals surface area contributed by atoms with Crippen LogP contribution in [0.5, 0.6) is 0 Å². The average molecular weight is 480 g/mol. The van der Waals surface area contributed by atoms with Crippen LogP contribution in [0.4, 0.5) is 4.39 Å². The second-order valence-corrected chi connectivity index (χ2v) is 10.0. The van der Waals surface area contributed by atoms with Gasteiger partial charge in [0, 0.05) is 36.7 Å². The summed E-state index contributed by atoms with van der Waals surface area (Å²) in [6.07, 6.45) is 1.53. The lowest BCUT2D eigenvalue weighted by molar-refractivity contribution is -0.126. The summed E-state index contributed by atoms with van der Waals surface area (Å²) in [7, 11) is 0. The average Bonchev–Trinajstić information content (AvgIpc) is 3.24. The fourth-order valence-electron chi connectivity index (χ4n) is 4.36. The number of nitrogens with one attached hydrogen (secondary N) is 1. The zero-order chi connectivity index (χ0) is 24.2. The molecule has 0 unspecified atom stereocenters. The number of piperidine rings is 1. The molecule has 1 aliphatic rings. The zero-order valence-corrected chi connectivity index (χ0v) is 20.6. The van der Waals surface area contributed by atoms with E-state index in [0.717, 1.165) is 29.1 Å². The summed E-state index contributed by atoms with van der Waals surface area (Å²) in [6, 6.07) is 14.6. The molecule has 5 nitrogen and oxygen atoms in total. The summed E-state index contributed by atoms with van der Waals surface area (Å²) < 4.78 is 13.8. The molecule has 7 heteroatoms. The first-order valence-electron chi connectivity index (χ1n) is 11.7. The van der Waals surface area contributed by atoms with E-state index >= 15 is 0 Å². The van der Waals surface area contributed by atoms with Crippen LogP contribution in [0.15, 0.2) is 48.5 Å². The number of carbonyl (C=O) groups is 2. The highest BCUT2D eigenvalue weighted by molar-refractivity contribution is 7.17. The van der Waals surface area contributed by atoms with Crippen LogP contribution in [-0.4, -0.2) is 34.8 Å². The minimum atomic E-state index is -0.314. The van der Waals surface area contributed by atoms with Crippen molar-refractivity contribution in [3.63, 3.8) is 0 Å². The Morgan fingerprint density at radius 2 is 1.79 bits per heavy atom. The number of amides is 2. The van der Waals surface area contributed by atoms with Crippen LogP contribution >= 0.6 is 11.3 Å². The van der Waals surface area contributed by atoms with Crippen molar-refractivity contribution in [3.05, 3.63) is 76.0 Å². The topological polar surface area (TPSA) is 62.3 Å². The molecule has 2 heterocycles. The fourth-order valence-corrected chi connectivity index (χ4v) is 5.40. The number of likely N-dealkylation sites (tertiary alicyclic amines) is 1. The summed E-state index contributed by atoms with van der Waals surface area (Å²) >= 11 is 1.44. The molecule has 0 saturated carbocycles. The zero-order valence-electron chi connectivity index (χ0n) is 19.8. The van der Waals surface area contributed by atoms with E-state index in [9.17, 15) is 14.0 Å². The third-order valence-corrected chi connectivity index (χ3v) is 7.84. The van der Waals surface area contributed by atoms with Gasteiger partial charge in [0.2, 0.25) is 5.91 Å². The molecule has 4 rings (SSSR count). The normalized spacial score (nSPS) is 15.2. The lowest BCUT2D eigenvalue weighted by Crippen LogP contribution is -2.42. The molecule has 1 saturated heterocycles. The molecule has 2 aromatic carbocycles. The maximum Gasteiger partial charge on any atom is 0.265 e. The number of rotatable bonds is 6. The number of carbonyl (C=O) groups excluding carboxylic acids is 2. The highest BCUT2D eigenvalue weighted by Crippen LogP contribution is 2.31.